The highest BCUT2D eigenvalue weighted by Crippen LogP contribution is 2.23. The summed E-state index contributed by atoms with van der Waals surface area (Å²) in [5, 5.41) is 3.35. The number of hydrogen-bond donors (Lipinski definition) is 1. The molecule has 0 radical (unpaired) electrons. The van der Waals surface area contributed by atoms with Gasteiger partial charge in [-0.25, -0.2) is 0 Å². The summed E-state index contributed by atoms with van der Waals surface area (Å²) in [6, 6.07) is 0. The van der Waals surface area contributed by atoms with Crippen molar-refractivity contribution in [3.05, 3.63) is 0 Å². The van der Waals surface area contributed by atoms with Crippen molar-refractivity contribution in [2.75, 3.05) is 26.3 Å². The van der Waals surface area contributed by atoms with Crippen molar-refractivity contribution in [1.82, 2.24) is 5.32 Å². The lowest BCUT2D eigenvalue weighted by Gasteiger charge is -2.21. The Kier molecular flexibility index (Phi) is 7.06. The van der Waals surface area contributed by atoms with Gasteiger partial charge in [-0.05, 0) is 31.7 Å². The van der Waals surface area contributed by atoms with Gasteiger partial charge in [-0.15, -0.1) is 0 Å². The van der Waals surface area contributed by atoms with Crippen LogP contribution in [0.4, 0.5) is 0 Å². The highest BCUT2D eigenvalue weighted by atomic mass is 16.5. The molecule has 0 aromatic rings. The van der Waals surface area contributed by atoms with Gasteiger partial charge in [-0.1, -0.05) is 26.2 Å². The van der Waals surface area contributed by atoms with Crippen molar-refractivity contribution >= 4 is 0 Å². The van der Waals surface area contributed by atoms with Crippen LogP contribution in [-0.4, -0.2) is 26.3 Å². The van der Waals surface area contributed by atoms with Gasteiger partial charge in [0.05, 0.1) is 6.61 Å². The van der Waals surface area contributed by atoms with Gasteiger partial charge in [-0.2, -0.15) is 0 Å². The first kappa shape index (κ1) is 12.0. The first-order valence-electron chi connectivity index (χ1n) is 6.22. The molecule has 1 saturated carbocycles. The summed E-state index contributed by atoms with van der Waals surface area (Å²) in [6.07, 6.45) is 8.27. The lowest BCUT2D eigenvalue weighted by Crippen LogP contribution is -2.22. The molecular weight excluding hydrogens is 174 g/mol. The maximum atomic E-state index is 5.66. The van der Waals surface area contributed by atoms with Crippen LogP contribution in [-0.2, 0) is 4.74 Å². The molecule has 0 amide bonds. The number of nitrogens with one attached hydrogen (secondary N) is 1. The predicted molar refractivity (Wildman–Crippen MR) is 60.6 cm³/mol. The monoisotopic (exact) mass is 199 g/mol. The molecule has 2 nitrogen and oxygen atoms in total. The van der Waals surface area contributed by atoms with Crippen LogP contribution in [0, 0.1) is 5.92 Å². The van der Waals surface area contributed by atoms with Gasteiger partial charge >= 0.3 is 0 Å². The molecule has 1 N–H and O–H groups in total. The number of hydrogen-bond acceptors (Lipinski definition) is 2. The second-order valence-corrected chi connectivity index (χ2v) is 4.33. The molecule has 0 unspecified atom stereocenters. The third-order valence-electron chi connectivity index (χ3n) is 2.93. The Morgan fingerprint density at radius 2 is 1.93 bits per heavy atom. The van der Waals surface area contributed by atoms with Crippen LogP contribution < -0.4 is 5.32 Å². The van der Waals surface area contributed by atoms with Crippen molar-refractivity contribution in [2.24, 2.45) is 5.92 Å². The quantitative estimate of drug-likeness (QED) is 0.636. The van der Waals surface area contributed by atoms with Gasteiger partial charge in [0.1, 0.15) is 0 Å². The molecule has 1 fully saturated rings. The minimum atomic E-state index is 0.856. The molecule has 1 aliphatic carbocycles. The third-order valence-corrected chi connectivity index (χ3v) is 2.93. The lowest BCUT2D eigenvalue weighted by molar-refractivity contribution is 0.0871. The summed E-state index contributed by atoms with van der Waals surface area (Å²) in [7, 11) is 0. The van der Waals surface area contributed by atoms with Crippen LogP contribution >= 0.6 is 0 Å². The Labute approximate surface area is 88.4 Å². The minimum absolute atomic E-state index is 0.856. The largest absolute Gasteiger partial charge is 0.380 e. The van der Waals surface area contributed by atoms with Gasteiger partial charge < -0.3 is 10.1 Å². The van der Waals surface area contributed by atoms with E-state index in [1.807, 2.05) is 0 Å². The minimum Gasteiger partial charge on any atom is -0.380 e. The second kappa shape index (κ2) is 8.25. The molecule has 1 rings (SSSR count). The van der Waals surface area contributed by atoms with Crippen molar-refractivity contribution in [1.29, 1.82) is 0 Å². The first-order valence-corrected chi connectivity index (χ1v) is 6.22. The van der Waals surface area contributed by atoms with Gasteiger partial charge in [0.15, 0.2) is 0 Å². The zero-order valence-corrected chi connectivity index (χ0v) is 9.56. The van der Waals surface area contributed by atoms with Crippen LogP contribution in [0.15, 0.2) is 0 Å². The fraction of sp³-hybridized carbons (Fsp3) is 1.00. The van der Waals surface area contributed by atoms with E-state index in [9.17, 15) is 0 Å². The Morgan fingerprint density at radius 3 is 2.64 bits per heavy atom. The van der Waals surface area contributed by atoms with Crippen molar-refractivity contribution in [2.45, 2.75) is 45.4 Å². The standard InChI is InChI=1S/C12H25NO/c1-2-8-13-9-10-14-11-12-6-4-3-5-7-12/h12-13H,2-11H2,1H3. The van der Waals surface area contributed by atoms with Gasteiger partial charge in [-0.3, -0.25) is 0 Å². The number of ether oxygens (including phenoxy) is 1. The molecule has 84 valence electrons. The maximum Gasteiger partial charge on any atom is 0.0591 e. The molecule has 14 heavy (non-hydrogen) atoms. The van der Waals surface area contributed by atoms with E-state index in [1.165, 1.54) is 38.5 Å². The molecule has 0 atom stereocenters. The molecular formula is C12H25NO. The van der Waals surface area contributed by atoms with E-state index in [4.69, 9.17) is 4.74 Å². The van der Waals surface area contributed by atoms with E-state index < -0.39 is 0 Å². The zero-order chi connectivity index (χ0) is 10.1. The van der Waals surface area contributed by atoms with Crippen LogP contribution in [0.2, 0.25) is 0 Å². The van der Waals surface area contributed by atoms with E-state index in [-0.39, 0.29) is 0 Å². The Morgan fingerprint density at radius 1 is 1.14 bits per heavy atom. The fourth-order valence-electron chi connectivity index (χ4n) is 2.05. The smallest absolute Gasteiger partial charge is 0.0591 e. The van der Waals surface area contributed by atoms with E-state index in [0.717, 1.165) is 32.2 Å². The van der Waals surface area contributed by atoms with Crippen molar-refractivity contribution < 1.29 is 4.74 Å². The highest BCUT2D eigenvalue weighted by molar-refractivity contribution is 4.64. The SMILES string of the molecule is CCCNCCOCC1CCCCC1. The predicted octanol–water partition coefficient (Wildman–Crippen LogP) is 2.58. The molecule has 0 saturated heterocycles. The van der Waals surface area contributed by atoms with Gasteiger partial charge in [0.2, 0.25) is 0 Å². The molecule has 1 aliphatic rings. The van der Waals surface area contributed by atoms with E-state index in [2.05, 4.69) is 12.2 Å². The fourth-order valence-corrected chi connectivity index (χ4v) is 2.05. The summed E-state index contributed by atoms with van der Waals surface area (Å²) >= 11 is 0. The molecule has 0 aromatic carbocycles. The Hall–Kier alpha value is -0.0800. The average molecular weight is 199 g/mol. The Bertz CT molecular complexity index is 121. The molecule has 0 aliphatic heterocycles. The van der Waals surface area contributed by atoms with E-state index >= 15 is 0 Å². The molecule has 2 heteroatoms. The summed E-state index contributed by atoms with van der Waals surface area (Å²) < 4.78 is 5.66. The van der Waals surface area contributed by atoms with Crippen LogP contribution in [0.1, 0.15) is 45.4 Å². The summed E-state index contributed by atoms with van der Waals surface area (Å²) in [4.78, 5) is 0. The van der Waals surface area contributed by atoms with Crippen LogP contribution in [0.3, 0.4) is 0 Å². The van der Waals surface area contributed by atoms with E-state index in [0.29, 0.717) is 0 Å². The summed E-state index contributed by atoms with van der Waals surface area (Å²) in [6.45, 7) is 6.20. The maximum absolute atomic E-state index is 5.66. The summed E-state index contributed by atoms with van der Waals surface area (Å²) in [5.74, 6) is 0.856. The third kappa shape index (κ3) is 5.61. The lowest BCUT2D eigenvalue weighted by atomic mass is 9.90. The van der Waals surface area contributed by atoms with Crippen molar-refractivity contribution in [3.8, 4) is 0 Å². The second-order valence-electron chi connectivity index (χ2n) is 4.33. The number of rotatable bonds is 7. The summed E-state index contributed by atoms with van der Waals surface area (Å²) in [5.41, 5.74) is 0. The van der Waals surface area contributed by atoms with Gasteiger partial charge in [0, 0.05) is 13.2 Å². The van der Waals surface area contributed by atoms with Gasteiger partial charge in [0.25, 0.3) is 0 Å². The first-order chi connectivity index (χ1) is 6.93. The van der Waals surface area contributed by atoms with Crippen molar-refractivity contribution in [3.63, 3.8) is 0 Å². The van der Waals surface area contributed by atoms with E-state index in [1.54, 1.807) is 0 Å². The average Bonchev–Trinajstić information content (AvgIpc) is 2.25. The molecule has 0 heterocycles. The molecule has 0 spiro atoms. The Balaban J connectivity index is 1.82. The zero-order valence-electron chi connectivity index (χ0n) is 9.56. The highest BCUT2D eigenvalue weighted by Gasteiger charge is 2.12. The van der Waals surface area contributed by atoms with Crippen LogP contribution in [0.5, 0.6) is 0 Å². The molecule has 0 aromatic heterocycles. The normalized spacial score (nSPS) is 18.6. The van der Waals surface area contributed by atoms with Crippen LogP contribution in [0.25, 0.3) is 0 Å². The molecule has 0 bridgehead atoms. The topological polar surface area (TPSA) is 21.3 Å².